The summed E-state index contributed by atoms with van der Waals surface area (Å²) in [5, 5.41) is 0. The average Bonchev–Trinajstić information content (AvgIpc) is 3.16. The van der Waals surface area contributed by atoms with Gasteiger partial charge in [0, 0.05) is 33.0 Å². The first-order chi connectivity index (χ1) is 10.9. The van der Waals surface area contributed by atoms with Crippen LogP contribution in [-0.4, -0.2) is 57.2 Å². The Balaban J connectivity index is 1.97. The lowest BCUT2D eigenvalue weighted by Gasteiger charge is -2.26. The molecule has 0 bridgehead atoms. The van der Waals surface area contributed by atoms with Crippen molar-refractivity contribution >= 4 is 10.2 Å². The molecule has 0 unspecified atom stereocenters. The molecule has 8 nitrogen and oxygen atoms in total. The number of nitrogens with zero attached hydrogens (tertiary/aromatic N) is 6. The predicted molar refractivity (Wildman–Crippen MR) is 85.2 cm³/mol. The molecule has 0 amide bonds. The van der Waals surface area contributed by atoms with E-state index in [9.17, 15) is 8.42 Å². The summed E-state index contributed by atoms with van der Waals surface area (Å²) < 4.78 is 29.5. The fourth-order valence-corrected chi connectivity index (χ4v) is 4.10. The molecule has 9 heteroatoms. The van der Waals surface area contributed by atoms with Crippen molar-refractivity contribution in [3.63, 3.8) is 0 Å². The molecule has 0 saturated carbocycles. The molecule has 23 heavy (non-hydrogen) atoms. The van der Waals surface area contributed by atoms with Gasteiger partial charge in [-0.2, -0.15) is 17.0 Å². The number of aryl methyl sites for hydroxylation is 1. The Kier molecular flexibility index (Phi) is 4.17. The lowest BCUT2D eigenvalue weighted by molar-refractivity contribution is 0.357. The zero-order valence-corrected chi connectivity index (χ0v) is 14.2. The van der Waals surface area contributed by atoms with Crippen molar-refractivity contribution in [2.75, 3.05) is 20.6 Å². The van der Waals surface area contributed by atoms with E-state index in [1.807, 2.05) is 17.7 Å². The van der Waals surface area contributed by atoms with E-state index in [4.69, 9.17) is 0 Å². The zero-order valence-electron chi connectivity index (χ0n) is 13.4. The predicted octanol–water partition coefficient (Wildman–Crippen LogP) is 0.914. The lowest BCUT2D eigenvalue weighted by Crippen LogP contribution is -2.39. The van der Waals surface area contributed by atoms with Crippen molar-refractivity contribution in [3.8, 4) is 5.82 Å². The van der Waals surface area contributed by atoms with Gasteiger partial charge in [-0.3, -0.25) is 9.55 Å². The topological polar surface area (TPSA) is 84.2 Å². The normalized spacial score (nSPS) is 19.6. The van der Waals surface area contributed by atoms with Gasteiger partial charge in [0.1, 0.15) is 5.82 Å². The minimum absolute atomic E-state index is 0.279. The summed E-state index contributed by atoms with van der Waals surface area (Å²) in [6.07, 6.45) is 8.36. The van der Waals surface area contributed by atoms with Crippen LogP contribution in [0.1, 0.15) is 30.4 Å². The molecule has 1 fully saturated rings. The first-order valence-corrected chi connectivity index (χ1v) is 8.82. The SMILES string of the molecule is Cc1nccn1-c1cncc([C@H]2CCCN2S(=O)(=O)N(C)C)n1. The first-order valence-electron chi connectivity index (χ1n) is 7.43. The number of aromatic nitrogens is 4. The van der Waals surface area contributed by atoms with E-state index >= 15 is 0 Å². The summed E-state index contributed by atoms with van der Waals surface area (Å²) in [6.45, 7) is 2.38. The van der Waals surface area contributed by atoms with Crippen LogP contribution < -0.4 is 0 Å². The van der Waals surface area contributed by atoms with Gasteiger partial charge in [-0.1, -0.05) is 0 Å². The summed E-state index contributed by atoms with van der Waals surface area (Å²) in [6, 6.07) is -0.279. The van der Waals surface area contributed by atoms with Crippen molar-refractivity contribution in [2.45, 2.75) is 25.8 Å². The molecule has 1 aliphatic heterocycles. The Bertz CT molecular complexity index is 801. The number of imidazole rings is 1. The highest BCUT2D eigenvalue weighted by molar-refractivity contribution is 7.86. The fraction of sp³-hybridized carbons (Fsp3) is 0.500. The quantitative estimate of drug-likeness (QED) is 0.829. The Labute approximate surface area is 136 Å². The highest BCUT2D eigenvalue weighted by Crippen LogP contribution is 2.33. The minimum Gasteiger partial charge on any atom is -0.287 e. The van der Waals surface area contributed by atoms with Crippen molar-refractivity contribution in [3.05, 3.63) is 36.3 Å². The molecule has 124 valence electrons. The molecule has 0 spiro atoms. The molecule has 3 rings (SSSR count). The number of hydrogen-bond donors (Lipinski definition) is 0. The van der Waals surface area contributed by atoms with Crippen LogP contribution in [0.5, 0.6) is 0 Å². The number of rotatable bonds is 4. The van der Waals surface area contributed by atoms with Gasteiger partial charge < -0.3 is 0 Å². The standard InChI is InChI=1S/C14H20N6O2S/c1-11-16-6-8-19(11)14-10-15-9-12(17-14)13-5-4-7-20(13)23(21,22)18(2)3/h6,8-10,13H,4-5,7H2,1-3H3/t13-/m1/s1. The summed E-state index contributed by atoms with van der Waals surface area (Å²) in [4.78, 5) is 13.0. The average molecular weight is 336 g/mol. The van der Waals surface area contributed by atoms with E-state index < -0.39 is 10.2 Å². The molecule has 1 atom stereocenters. The summed E-state index contributed by atoms with van der Waals surface area (Å²) in [5.74, 6) is 1.45. The first kappa shape index (κ1) is 16.0. The van der Waals surface area contributed by atoms with Gasteiger partial charge in [0.2, 0.25) is 0 Å². The van der Waals surface area contributed by atoms with Crippen molar-refractivity contribution in [1.29, 1.82) is 0 Å². The van der Waals surface area contributed by atoms with Crippen molar-refractivity contribution < 1.29 is 8.42 Å². The van der Waals surface area contributed by atoms with Gasteiger partial charge >= 0.3 is 0 Å². The lowest BCUT2D eigenvalue weighted by atomic mass is 10.2. The van der Waals surface area contributed by atoms with Gasteiger partial charge in [0.05, 0.1) is 24.1 Å². The Morgan fingerprint density at radius 2 is 2.09 bits per heavy atom. The van der Waals surface area contributed by atoms with Crippen LogP contribution in [-0.2, 0) is 10.2 Å². The Morgan fingerprint density at radius 1 is 1.30 bits per heavy atom. The van der Waals surface area contributed by atoms with Gasteiger partial charge in [-0.25, -0.2) is 9.97 Å². The van der Waals surface area contributed by atoms with Gasteiger partial charge in [-0.15, -0.1) is 0 Å². The second-order valence-corrected chi connectivity index (χ2v) is 7.80. The maximum atomic E-state index is 12.5. The highest BCUT2D eigenvalue weighted by atomic mass is 32.2. The third-order valence-corrected chi connectivity index (χ3v) is 5.97. The monoisotopic (exact) mass is 336 g/mol. The molecule has 3 heterocycles. The van der Waals surface area contributed by atoms with Gasteiger partial charge in [0.25, 0.3) is 10.2 Å². The van der Waals surface area contributed by atoms with Crippen LogP contribution in [0.4, 0.5) is 0 Å². The largest absolute Gasteiger partial charge is 0.287 e. The second kappa shape index (κ2) is 5.99. The van der Waals surface area contributed by atoms with Crippen LogP contribution in [0.25, 0.3) is 5.82 Å². The van der Waals surface area contributed by atoms with E-state index in [1.54, 1.807) is 32.7 Å². The fourth-order valence-electron chi connectivity index (χ4n) is 2.79. The Hall–Kier alpha value is -1.84. The zero-order chi connectivity index (χ0) is 16.6. The second-order valence-electron chi connectivity index (χ2n) is 5.71. The van der Waals surface area contributed by atoms with Crippen LogP contribution in [0.15, 0.2) is 24.8 Å². The molecule has 1 aliphatic rings. The molecule has 0 aliphatic carbocycles. The maximum absolute atomic E-state index is 12.5. The maximum Gasteiger partial charge on any atom is 0.282 e. The third kappa shape index (κ3) is 2.87. The van der Waals surface area contributed by atoms with Gasteiger partial charge in [-0.05, 0) is 19.8 Å². The van der Waals surface area contributed by atoms with E-state index in [1.165, 1.54) is 8.61 Å². The van der Waals surface area contributed by atoms with E-state index in [0.29, 0.717) is 18.1 Å². The summed E-state index contributed by atoms with van der Waals surface area (Å²) in [7, 11) is -0.382. The third-order valence-electron chi connectivity index (χ3n) is 4.02. The molecule has 2 aromatic rings. The molecular weight excluding hydrogens is 316 g/mol. The molecular formula is C14H20N6O2S. The minimum atomic E-state index is -3.47. The van der Waals surface area contributed by atoms with E-state index in [-0.39, 0.29) is 6.04 Å². The van der Waals surface area contributed by atoms with Crippen LogP contribution in [0.3, 0.4) is 0 Å². The number of hydrogen-bond acceptors (Lipinski definition) is 5. The summed E-state index contributed by atoms with van der Waals surface area (Å²) >= 11 is 0. The summed E-state index contributed by atoms with van der Waals surface area (Å²) in [5.41, 5.74) is 0.665. The van der Waals surface area contributed by atoms with E-state index in [2.05, 4.69) is 15.0 Å². The molecule has 0 N–H and O–H groups in total. The molecule has 2 aromatic heterocycles. The van der Waals surface area contributed by atoms with Crippen molar-refractivity contribution in [2.24, 2.45) is 0 Å². The van der Waals surface area contributed by atoms with Gasteiger partial charge in [0.15, 0.2) is 5.82 Å². The van der Waals surface area contributed by atoms with Crippen LogP contribution in [0, 0.1) is 6.92 Å². The van der Waals surface area contributed by atoms with Crippen LogP contribution in [0.2, 0.25) is 0 Å². The Morgan fingerprint density at radius 3 is 2.74 bits per heavy atom. The molecule has 1 saturated heterocycles. The smallest absolute Gasteiger partial charge is 0.282 e. The molecule has 0 aromatic carbocycles. The van der Waals surface area contributed by atoms with Crippen molar-refractivity contribution in [1.82, 2.24) is 28.1 Å². The van der Waals surface area contributed by atoms with E-state index in [0.717, 1.165) is 18.7 Å². The van der Waals surface area contributed by atoms with Crippen LogP contribution >= 0.6 is 0 Å². The highest BCUT2D eigenvalue weighted by Gasteiger charge is 2.37. The molecule has 0 radical (unpaired) electrons.